The number of hydrogen-bond donors (Lipinski definition) is 1. The van der Waals surface area contributed by atoms with E-state index in [1.54, 1.807) is 6.26 Å². The first-order valence-electron chi connectivity index (χ1n) is 10.1. The molecule has 0 spiro atoms. The van der Waals surface area contributed by atoms with Crippen molar-refractivity contribution >= 4 is 35.9 Å². The van der Waals surface area contributed by atoms with Gasteiger partial charge in [-0.2, -0.15) is 0 Å². The number of likely N-dealkylation sites (tertiary alicyclic amines) is 2. The maximum Gasteiger partial charge on any atom is 0.309 e. The molecule has 1 N–H and O–H groups in total. The topological polar surface area (TPSA) is 70.3 Å². The van der Waals surface area contributed by atoms with Crippen molar-refractivity contribution in [1.29, 1.82) is 0 Å². The summed E-state index contributed by atoms with van der Waals surface area (Å²) in [6.07, 6.45) is 5.86. The molecule has 0 amide bonds. The smallest absolute Gasteiger partial charge is 0.309 e. The van der Waals surface area contributed by atoms with Gasteiger partial charge in [-0.3, -0.25) is 14.7 Å². The molecule has 2 aliphatic heterocycles. The summed E-state index contributed by atoms with van der Waals surface area (Å²) in [5.74, 6) is 1.85. The number of esters is 1. The van der Waals surface area contributed by atoms with Crippen LogP contribution in [-0.2, 0) is 9.53 Å². The highest BCUT2D eigenvalue weighted by Crippen LogP contribution is 2.25. The fourth-order valence-corrected chi connectivity index (χ4v) is 4.05. The summed E-state index contributed by atoms with van der Waals surface area (Å²) in [5.41, 5.74) is 0. The molecule has 1 unspecified atom stereocenters. The van der Waals surface area contributed by atoms with Crippen molar-refractivity contribution in [2.24, 2.45) is 10.9 Å². The van der Waals surface area contributed by atoms with Crippen LogP contribution in [0, 0.1) is 5.92 Å². The van der Waals surface area contributed by atoms with Crippen LogP contribution in [0.1, 0.15) is 44.4 Å². The van der Waals surface area contributed by atoms with Crippen LogP contribution in [0.15, 0.2) is 27.8 Å². The lowest BCUT2D eigenvalue weighted by Gasteiger charge is -2.34. The lowest BCUT2D eigenvalue weighted by atomic mass is 9.97. The van der Waals surface area contributed by atoms with E-state index in [0.29, 0.717) is 6.61 Å². The van der Waals surface area contributed by atoms with Gasteiger partial charge in [-0.15, -0.1) is 24.0 Å². The number of piperidine rings is 1. The van der Waals surface area contributed by atoms with Crippen LogP contribution in [-0.4, -0.2) is 68.1 Å². The molecule has 2 fully saturated rings. The zero-order valence-corrected chi connectivity index (χ0v) is 19.3. The van der Waals surface area contributed by atoms with Crippen LogP contribution in [0.25, 0.3) is 0 Å². The Bertz CT molecular complexity index is 609. The molecule has 1 aromatic heterocycles. The molecule has 0 saturated carbocycles. The maximum atomic E-state index is 11.9. The normalized spacial score (nSPS) is 19.9. The molecule has 7 nitrogen and oxygen atoms in total. The summed E-state index contributed by atoms with van der Waals surface area (Å²) < 4.78 is 10.9. The van der Waals surface area contributed by atoms with Crippen molar-refractivity contribution in [2.75, 3.05) is 46.4 Å². The highest BCUT2D eigenvalue weighted by molar-refractivity contribution is 14.0. The third kappa shape index (κ3) is 5.85. The summed E-state index contributed by atoms with van der Waals surface area (Å²) in [7, 11) is 1.82. The minimum atomic E-state index is -0.0630. The fourth-order valence-electron chi connectivity index (χ4n) is 4.05. The van der Waals surface area contributed by atoms with E-state index in [0.717, 1.165) is 57.3 Å². The standard InChI is InChI=1S/C20H32N4O3.HI/c1-3-26-19(25)16-8-12-24(13-9-16)20(21-2)22-15-17(18-7-6-14-27-18)23-10-4-5-11-23;/h6-7,14,16-17H,3-5,8-13,15H2,1-2H3,(H,21,22);1H. The number of furan rings is 1. The van der Waals surface area contributed by atoms with E-state index in [1.807, 2.05) is 20.0 Å². The predicted molar refractivity (Wildman–Crippen MR) is 120 cm³/mol. The second-order valence-corrected chi connectivity index (χ2v) is 7.22. The number of ether oxygens (including phenoxy) is 1. The third-order valence-corrected chi connectivity index (χ3v) is 5.53. The number of nitrogens with zero attached hydrogens (tertiary/aromatic N) is 3. The molecule has 8 heteroatoms. The third-order valence-electron chi connectivity index (χ3n) is 5.53. The first-order chi connectivity index (χ1) is 13.2. The summed E-state index contributed by atoms with van der Waals surface area (Å²) in [5, 5.41) is 3.53. The summed E-state index contributed by atoms with van der Waals surface area (Å²) >= 11 is 0. The Labute approximate surface area is 184 Å². The van der Waals surface area contributed by atoms with E-state index in [1.165, 1.54) is 12.8 Å². The van der Waals surface area contributed by atoms with Crippen LogP contribution >= 0.6 is 24.0 Å². The number of guanidine groups is 1. The largest absolute Gasteiger partial charge is 0.468 e. The van der Waals surface area contributed by atoms with Gasteiger partial charge in [0.25, 0.3) is 0 Å². The molecule has 2 aliphatic rings. The molecule has 1 aromatic rings. The Morgan fingerprint density at radius 3 is 2.61 bits per heavy atom. The highest BCUT2D eigenvalue weighted by atomic mass is 127. The van der Waals surface area contributed by atoms with E-state index in [2.05, 4.69) is 26.2 Å². The Morgan fingerprint density at radius 1 is 1.32 bits per heavy atom. The van der Waals surface area contributed by atoms with Crippen molar-refractivity contribution in [1.82, 2.24) is 15.1 Å². The molecule has 3 heterocycles. The van der Waals surface area contributed by atoms with Gasteiger partial charge in [0.15, 0.2) is 5.96 Å². The number of rotatable bonds is 6. The molecular formula is C20H33IN4O3. The van der Waals surface area contributed by atoms with Crippen LogP contribution in [0.4, 0.5) is 0 Å². The average Bonchev–Trinajstić information content (AvgIpc) is 3.40. The van der Waals surface area contributed by atoms with Crippen LogP contribution in [0.5, 0.6) is 0 Å². The average molecular weight is 504 g/mol. The lowest BCUT2D eigenvalue weighted by molar-refractivity contribution is -0.149. The van der Waals surface area contributed by atoms with E-state index < -0.39 is 0 Å². The number of carbonyl (C=O) groups is 1. The fraction of sp³-hybridized carbons (Fsp3) is 0.700. The van der Waals surface area contributed by atoms with E-state index in [9.17, 15) is 4.79 Å². The number of halogens is 1. The van der Waals surface area contributed by atoms with Gasteiger partial charge in [-0.1, -0.05) is 0 Å². The molecule has 1 atom stereocenters. The van der Waals surface area contributed by atoms with Crippen LogP contribution in [0.2, 0.25) is 0 Å². The maximum absolute atomic E-state index is 11.9. The monoisotopic (exact) mass is 504 g/mol. The summed E-state index contributed by atoms with van der Waals surface area (Å²) in [6, 6.07) is 4.22. The number of hydrogen-bond acceptors (Lipinski definition) is 5. The zero-order chi connectivity index (χ0) is 19.1. The molecule has 0 aromatic carbocycles. The van der Waals surface area contributed by atoms with Crippen molar-refractivity contribution in [3.8, 4) is 0 Å². The zero-order valence-electron chi connectivity index (χ0n) is 16.9. The van der Waals surface area contributed by atoms with Crippen molar-refractivity contribution in [2.45, 2.75) is 38.6 Å². The first-order valence-corrected chi connectivity index (χ1v) is 10.1. The van der Waals surface area contributed by atoms with Gasteiger partial charge in [-0.25, -0.2) is 0 Å². The van der Waals surface area contributed by atoms with Gasteiger partial charge in [0, 0.05) is 26.7 Å². The molecular weight excluding hydrogens is 471 g/mol. The molecule has 28 heavy (non-hydrogen) atoms. The second kappa shape index (κ2) is 11.6. The van der Waals surface area contributed by atoms with Crippen molar-refractivity contribution in [3.63, 3.8) is 0 Å². The number of carbonyl (C=O) groups excluding carboxylic acids is 1. The Hall–Kier alpha value is -1.29. The SMILES string of the molecule is CCOC(=O)C1CCN(C(=NC)NCC(c2ccco2)N2CCCC2)CC1.I. The minimum absolute atomic E-state index is 0. The van der Waals surface area contributed by atoms with E-state index in [-0.39, 0.29) is 41.9 Å². The number of aliphatic imine (C=N–C) groups is 1. The Morgan fingerprint density at radius 2 is 2.04 bits per heavy atom. The van der Waals surface area contributed by atoms with E-state index >= 15 is 0 Å². The van der Waals surface area contributed by atoms with Gasteiger partial charge in [0.05, 0.1) is 24.8 Å². The molecule has 2 saturated heterocycles. The molecule has 158 valence electrons. The number of nitrogens with one attached hydrogen (secondary N) is 1. The van der Waals surface area contributed by atoms with Gasteiger partial charge < -0.3 is 19.4 Å². The Kier molecular flexibility index (Phi) is 9.57. The molecule has 0 aliphatic carbocycles. The second-order valence-electron chi connectivity index (χ2n) is 7.22. The molecule has 3 rings (SSSR count). The highest BCUT2D eigenvalue weighted by Gasteiger charge is 2.29. The Balaban J connectivity index is 0.00000280. The quantitative estimate of drug-likeness (QED) is 0.278. The predicted octanol–water partition coefficient (Wildman–Crippen LogP) is 2.89. The van der Waals surface area contributed by atoms with Gasteiger partial charge >= 0.3 is 5.97 Å². The lowest BCUT2D eigenvalue weighted by Crippen LogP contribution is -2.48. The van der Waals surface area contributed by atoms with Crippen molar-refractivity contribution in [3.05, 3.63) is 24.2 Å². The van der Waals surface area contributed by atoms with E-state index in [4.69, 9.17) is 9.15 Å². The van der Waals surface area contributed by atoms with Gasteiger partial charge in [0.2, 0.25) is 0 Å². The molecule has 0 bridgehead atoms. The van der Waals surface area contributed by atoms with Crippen LogP contribution in [0.3, 0.4) is 0 Å². The summed E-state index contributed by atoms with van der Waals surface area (Å²) in [4.78, 5) is 21.1. The van der Waals surface area contributed by atoms with Gasteiger partial charge in [-0.05, 0) is 57.8 Å². The minimum Gasteiger partial charge on any atom is -0.468 e. The molecule has 0 radical (unpaired) electrons. The van der Waals surface area contributed by atoms with Crippen LogP contribution < -0.4 is 5.32 Å². The van der Waals surface area contributed by atoms with Gasteiger partial charge in [0.1, 0.15) is 5.76 Å². The summed E-state index contributed by atoms with van der Waals surface area (Å²) in [6.45, 7) is 6.92. The van der Waals surface area contributed by atoms with Crippen molar-refractivity contribution < 1.29 is 13.9 Å². The first kappa shape index (κ1) is 23.0.